The Morgan fingerprint density at radius 3 is 1.82 bits per heavy atom. The lowest BCUT2D eigenvalue weighted by atomic mass is 9.99. The highest BCUT2D eigenvalue weighted by molar-refractivity contribution is 6.17. The minimum atomic E-state index is 0.906. The fourth-order valence-corrected chi connectivity index (χ4v) is 7.74. The van der Waals surface area contributed by atoms with Gasteiger partial charge in [0.15, 0.2) is 0 Å². The summed E-state index contributed by atoms with van der Waals surface area (Å²) in [5, 5.41) is 4.68. The molecule has 51 heavy (non-hydrogen) atoms. The quantitative estimate of drug-likeness (QED) is 0.178. The van der Waals surface area contributed by atoms with E-state index >= 15 is 0 Å². The maximum Gasteiger partial charge on any atom is 0.143 e. The maximum absolute atomic E-state index is 6.43. The van der Waals surface area contributed by atoms with Gasteiger partial charge in [-0.2, -0.15) is 0 Å². The summed E-state index contributed by atoms with van der Waals surface area (Å²) >= 11 is 0. The molecule has 0 aliphatic carbocycles. The first-order valence-corrected chi connectivity index (χ1v) is 17.4. The minimum Gasteiger partial charge on any atom is -0.455 e. The molecular formula is C48H32N2O. The zero-order chi connectivity index (χ0) is 33.7. The van der Waals surface area contributed by atoms with Crippen LogP contribution in [-0.2, 0) is 0 Å². The number of para-hydroxylation sites is 5. The number of furan rings is 1. The van der Waals surface area contributed by atoms with Crippen molar-refractivity contribution < 1.29 is 4.42 Å². The lowest BCUT2D eigenvalue weighted by Crippen LogP contribution is -2.11. The van der Waals surface area contributed by atoms with Crippen molar-refractivity contribution in [3.05, 3.63) is 194 Å². The Balaban J connectivity index is 1.22. The molecule has 3 nitrogen and oxygen atoms in total. The molecular weight excluding hydrogens is 621 g/mol. The summed E-state index contributed by atoms with van der Waals surface area (Å²) in [5.74, 6) is 0. The zero-order valence-corrected chi connectivity index (χ0v) is 27.8. The Hall–Kier alpha value is -6.84. The van der Waals surface area contributed by atoms with Crippen LogP contribution in [-0.4, -0.2) is 4.57 Å². The van der Waals surface area contributed by atoms with Crippen LogP contribution in [0.2, 0.25) is 0 Å². The molecule has 10 rings (SSSR count). The molecule has 0 bridgehead atoms. The average Bonchev–Trinajstić information content (AvgIpc) is 3.76. The summed E-state index contributed by atoms with van der Waals surface area (Å²) in [5.41, 5.74) is 13.1. The first-order valence-electron chi connectivity index (χ1n) is 17.4. The van der Waals surface area contributed by atoms with E-state index in [0.29, 0.717) is 0 Å². The molecule has 2 heterocycles. The molecule has 0 N–H and O–H groups in total. The second-order valence-corrected chi connectivity index (χ2v) is 12.9. The molecule has 0 radical (unpaired) electrons. The van der Waals surface area contributed by atoms with Crippen molar-refractivity contribution in [2.24, 2.45) is 0 Å². The van der Waals surface area contributed by atoms with Crippen LogP contribution in [0.5, 0.6) is 0 Å². The second-order valence-electron chi connectivity index (χ2n) is 12.9. The van der Waals surface area contributed by atoms with Gasteiger partial charge in [-0.15, -0.1) is 0 Å². The van der Waals surface area contributed by atoms with E-state index in [1.165, 1.54) is 21.9 Å². The first kappa shape index (κ1) is 29.1. The highest BCUT2D eigenvalue weighted by Gasteiger charge is 2.23. The van der Waals surface area contributed by atoms with Gasteiger partial charge in [0.25, 0.3) is 0 Å². The fourth-order valence-electron chi connectivity index (χ4n) is 7.74. The normalized spacial score (nSPS) is 11.5. The van der Waals surface area contributed by atoms with Gasteiger partial charge in [-0.05, 0) is 65.7 Å². The van der Waals surface area contributed by atoms with Gasteiger partial charge in [0.1, 0.15) is 11.2 Å². The van der Waals surface area contributed by atoms with E-state index in [1.807, 2.05) is 12.1 Å². The molecule has 0 fully saturated rings. The second kappa shape index (κ2) is 11.9. The summed E-state index contributed by atoms with van der Waals surface area (Å²) in [7, 11) is 0. The smallest absolute Gasteiger partial charge is 0.143 e. The summed E-state index contributed by atoms with van der Waals surface area (Å²) in [6.07, 6.45) is 0. The van der Waals surface area contributed by atoms with E-state index in [9.17, 15) is 0 Å². The van der Waals surface area contributed by atoms with Gasteiger partial charge in [0, 0.05) is 44.0 Å². The van der Waals surface area contributed by atoms with E-state index in [0.717, 1.165) is 66.9 Å². The van der Waals surface area contributed by atoms with Gasteiger partial charge in [-0.25, -0.2) is 0 Å². The summed E-state index contributed by atoms with van der Waals surface area (Å²) in [6, 6.07) is 69.1. The van der Waals surface area contributed by atoms with Crippen molar-refractivity contribution in [2.75, 3.05) is 4.90 Å². The third kappa shape index (κ3) is 4.74. The molecule has 8 aromatic carbocycles. The van der Waals surface area contributed by atoms with E-state index < -0.39 is 0 Å². The number of fused-ring (bicyclic) bond motifs is 6. The maximum atomic E-state index is 6.43. The van der Waals surface area contributed by atoms with Crippen LogP contribution in [0.25, 0.3) is 71.7 Å². The van der Waals surface area contributed by atoms with Gasteiger partial charge in [0.05, 0.1) is 22.4 Å². The van der Waals surface area contributed by atoms with Crippen molar-refractivity contribution in [1.82, 2.24) is 4.57 Å². The van der Waals surface area contributed by atoms with Crippen molar-refractivity contribution in [3.8, 4) is 27.9 Å². The zero-order valence-electron chi connectivity index (χ0n) is 27.8. The highest BCUT2D eigenvalue weighted by atomic mass is 16.3. The average molecular weight is 653 g/mol. The van der Waals surface area contributed by atoms with Gasteiger partial charge in [0.2, 0.25) is 0 Å². The van der Waals surface area contributed by atoms with Crippen LogP contribution in [0.4, 0.5) is 17.1 Å². The number of hydrogen-bond acceptors (Lipinski definition) is 2. The molecule has 0 saturated carbocycles. The third-order valence-electron chi connectivity index (χ3n) is 10.0. The Bertz CT molecular complexity index is 2850. The standard InChI is InChI=1S/C48H32N2O/c1-3-15-33(16-4-1)37-19-7-10-24-42(37)50(36-31-29-34(30-32-36)38-22-13-23-40-39-20-9-12-28-46(39)51-48(38)40)45-27-14-26-44-47(45)41-21-8-11-25-43(41)49(44)35-17-5-2-6-18-35/h1-32H. The van der Waals surface area contributed by atoms with Crippen LogP contribution >= 0.6 is 0 Å². The number of aromatic nitrogens is 1. The molecule has 0 unspecified atom stereocenters. The Labute approximate surface area is 295 Å². The Morgan fingerprint density at radius 2 is 0.980 bits per heavy atom. The van der Waals surface area contributed by atoms with Crippen LogP contribution in [0, 0.1) is 0 Å². The Kier molecular flexibility index (Phi) is 6.81. The van der Waals surface area contributed by atoms with Gasteiger partial charge < -0.3 is 13.9 Å². The molecule has 0 spiro atoms. The monoisotopic (exact) mass is 652 g/mol. The number of hydrogen-bond donors (Lipinski definition) is 0. The van der Waals surface area contributed by atoms with Crippen molar-refractivity contribution in [2.45, 2.75) is 0 Å². The van der Waals surface area contributed by atoms with Gasteiger partial charge in [-0.3, -0.25) is 0 Å². The largest absolute Gasteiger partial charge is 0.455 e. The molecule has 0 aliphatic rings. The molecule has 2 aromatic heterocycles. The molecule has 0 saturated heterocycles. The van der Waals surface area contributed by atoms with E-state index in [2.05, 4.69) is 191 Å². The van der Waals surface area contributed by atoms with Crippen molar-refractivity contribution >= 4 is 60.8 Å². The topological polar surface area (TPSA) is 21.3 Å². The van der Waals surface area contributed by atoms with Crippen molar-refractivity contribution in [1.29, 1.82) is 0 Å². The molecule has 0 amide bonds. The molecule has 240 valence electrons. The SMILES string of the molecule is c1ccc(-c2ccccc2N(c2ccc(-c3cccc4c3oc3ccccc34)cc2)c2cccc3c2c2ccccc2n3-c2ccccc2)cc1. The van der Waals surface area contributed by atoms with E-state index in [-0.39, 0.29) is 0 Å². The molecule has 10 aromatic rings. The van der Waals surface area contributed by atoms with Gasteiger partial charge in [-0.1, -0.05) is 140 Å². The lowest BCUT2D eigenvalue weighted by molar-refractivity contribution is 0.670. The predicted molar refractivity (Wildman–Crippen MR) is 214 cm³/mol. The Morgan fingerprint density at radius 1 is 0.392 bits per heavy atom. The van der Waals surface area contributed by atoms with Crippen LogP contribution in [0.3, 0.4) is 0 Å². The number of anilines is 3. The molecule has 0 atom stereocenters. The van der Waals surface area contributed by atoms with Crippen molar-refractivity contribution in [3.63, 3.8) is 0 Å². The van der Waals surface area contributed by atoms with Crippen LogP contribution < -0.4 is 4.90 Å². The fraction of sp³-hybridized carbons (Fsp3) is 0. The minimum absolute atomic E-state index is 0.906. The number of benzene rings is 8. The summed E-state index contributed by atoms with van der Waals surface area (Å²) in [4.78, 5) is 2.43. The molecule has 0 aliphatic heterocycles. The highest BCUT2D eigenvalue weighted by Crippen LogP contribution is 2.47. The van der Waals surface area contributed by atoms with E-state index in [4.69, 9.17) is 4.42 Å². The molecule has 3 heteroatoms. The third-order valence-corrected chi connectivity index (χ3v) is 10.0. The van der Waals surface area contributed by atoms with Gasteiger partial charge >= 0.3 is 0 Å². The predicted octanol–water partition coefficient (Wildman–Crippen LogP) is 13.5. The van der Waals surface area contributed by atoms with Crippen LogP contribution in [0.1, 0.15) is 0 Å². The number of nitrogens with zero attached hydrogens (tertiary/aromatic N) is 2. The summed E-state index contributed by atoms with van der Waals surface area (Å²) < 4.78 is 8.82. The lowest BCUT2D eigenvalue weighted by Gasteiger charge is -2.29. The number of rotatable bonds is 6. The first-order chi connectivity index (χ1) is 25.3. The summed E-state index contributed by atoms with van der Waals surface area (Å²) in [6.45, 7) is 0. The van der Waals surface area contributed by atoms with Crippen LogP contribution in [0.15, 0.2) is 199 Å². The van der Waals surface area contributed by atoms with E-state index in [1.54, 1.807) is 0 Å².